The molecule has 2 rings (SSSR count). The molecule has 0 fully saturated rings. The number of aryl methyl sites for hydroxylation is 1. The average Bonchev–Trinajstić information content (AvgIpc) is 2.84. The van der Waals surface area contributed by atoms with Crippen molar-refractivity contribution in [3.63, 3.8) is 0 Å². The Morgan fingerprint density at radius 3 is 2.89 bits per heavy atom. The molecule has 1 heterocycles. The highest BCUT2D eigenvalue weighted by molar-refractivity contribution is 7.05. The highest BCUT2D eigenvalue weighted by Crippen LogP contribution is 2.28. The molecule has 0 aliphatic rings. The lowest BCUT2D eigenvalue weighted by atomic mass is 10.0. The first kappa shape index (κ1) is 13.5. The van der Waals surface area contributed by atoms with Gasteiger partial charge in [-0.15, -0.1) is 5.10 Å². The van der Waals surface area contributed by atoms with Crippen LogP contribution in [0.5, 0.6) is 0 Å². The number of benzene rings is 1. The lowest BCUT2D eigenvalue weighted by Gasteiger charge is -2.17. The van der Waals surface area contributed by atoms with Crippen molar-refractivity contribution < 1.29 is 0 Å². The molecule has 0 aliphatic heterocycles. The van der Waals surface area contributed by atoms with Crippen molar-refractivity contribution in [2.75, 3.05) is 6.54 Å². The van der Waals surface area contributed by atoms with E-state index in [0.29, 0.717) is 0 Å². The van der Waals surface area contributed by atoms with E-state index in [4.69, 9.17) is 11.6 Å². The minimum atomic E-state index is 0.128. The Bertz CT molecular complexity index is 512. The van der Waals surface area contributed by atoms with Crippen molar-refractivity contribution in [3.8, 4) is 0 Å². The summed E-state index contributed by atoms with van der Waals surface area (Å²) < 4.78 is 4.06. The van der Waals surface area contributed by atoms with Crippen LogP contribution in [0.15, 0.2) is 24.3 Å². The van der Waals surface area contributed by atoms with Crippen molar-refractivity contribution in [2.45, 2.75) is 26.3 Å². The molecule has 1 N–H and O–H groups in total. The number of hydrogen-bond donors (Lipinski definition) is 1. The number of nitrogens with zero attached hydrogens (tertiary/aromatic N) is 2. The van der Waals surface area contributed by atoms with Gasteiger partial charge in [-0.3, -0.25) is 0 Å². The first-order valence-electron chi connectivity index (χ1n) is 6.06. The molecule has 0 saturated heterocycles. The molecule has 1 atom stereocenters. The Balaban J connectivity index is 2.39. The van der Waals surface area contributed by atoms with E-state index in [1.165, 1.54) is 16.4 Å². The van der Waals surface area contributed by atoms with Gasteiger partial charge >= 0.3 is 0 Å². The summed E-state index contributed by atoms with van der Waals surface area (Å²) in [5, 5.41) is 8.41. The Morgan fingerprint density at radius 1 is 1.39 bits per heavy atom. The third-order valence-electron chi connectivity index (χ3n) is 2.77. The van der Waals surface area contributed by atoms with Gasteiger partial charge in [0.05, 0.1) is 16.6 Å². The topological polar surface area (TPSA) is 37.8 Å². The summed E-state index contributed by atoms with van der Waals surface area (Å²) in [6.45, 7) is 5.08. The van der Waals surface area contributed by atoms with E-state index < -0.39 is 0 Å². The van der Waals surface area contributed by atoms with E-state index in [1.54, 1.807) is 0 Å². The summed E-state index contributed by atoms with van der Waals surface area (Å²) in [6.07, 6.45) is 0.897. The molecule has 0 radical (unpaired) electrons. The largest absolute Gasteiger partial charge is 0.306 e. The zero-order valence-electron chi connectivity index (χ0n) is 10.5. The van der Waals surface area contributed by atoms with Crippen LogP contribution in [0, 0.1) is 0 Å². The van der Waals surface area contributed by atoms with Crippen LogP contribution >= 0.6 is 23.1 Å². The molecular formula is C13H16ClN3S. The van der Waals surface area contributed by atoms with Crippen LogP contribution in [0.3, 0.4) is 0 Å². The van der Waals surface area contributed by atoms with Crippen molar-refractivity contribution in [3.05, 3.63) is 45.4 Å². The fourth-order valence-electron chi connectivity index (χ4n) is 1.93. The first-order valence-corrected chi connectivity index (χ1v) is 7.21. The van der Waals surface area contributed by atoms with Gasteiger partial charge in [0.25, 0.3) is 0 Å². The molecule has 1 aromatic heterocycles. The van der Waals surface area contributed by atoms with Gasteiger partial charge in [-0.05, 0) is 42.2 Å². The van der Waals surface area contributed by atoms with Gasteiger partial charge in [-0.2, -0.15) is 0 Å². The molecule has 2 aromatic rings. The van der Waals surface area contributed by atoms with Gasteiger partial charge in [0, 0.05) is 5.02 Å². The maximum absolute atomic E-state index is 6.07. The SMILES string of the molecule is CCNC(c1cccc(Cl)c1)c1snnc1CC. The van der Waals surface area contributed by atoms with Gasteiger partial charge < -0.3 is 5.32 Å². The molecule has 0 bridgehead atoms. The van der Waals surface area contributed by atoms with Gasteiger partial charge in [-0.25, -0.2) is 0 Å². The van der Waals surface area contributed by atoms with Crippen LogP contribution in [0.1, 0.15) is 36.0 Å². The number of halogens is 1. The van der Waals surface area contributed by atoms with Crippen molar-refractivity contribution in [2.24, 2.45) is 0 Å². The van der Waals surface area contributed by atoms with Crippen LogP contribution in [0.25, 0.3) is 0 Å². The molecule has 1 unspecified atom stereocenters. The summed E-state index contributed by atoms with van der Waals surface area (Å²) in [6, 6.07) is 8.07. The van der Waals surface area contributed by atoms with E-state index in [2.05, 4.69) is 34.8 Å². The Labute approximate surface area is 116 Å². The van der Waals surface area contributed by atoms with Crippen LogP contribution in [-0.2, 0) is 6.42 Å². The quantitative estimate of drug-likeness (QED) is 0.912. The molecule has 3 nitrogen and oxygen atoms in total. The monoisotopic (exact) mass is 281 g/mol. The fraction of sp³-hybridized carbons (Fsp3) is 0.385. The molecule has 1 aromatic carbocycles. The lowest BCUT2D eigenvalue weighted by molar-refractivity contribution is 0.633. The summed E-state index contributed by atoms with van der Waals surface area (Å²) in [7, 11) is 0. The van der Waals surface area contributed by atoms with Crippen molar-refractivity contribution in [1.29, 1.82) is 0 Å². The third-order valence-corrected chi connectivity index (χ3v) is 3.84. The van der Waals surface area contributed by atoms with Crippen LogP contribution < -0.4 is 5.32 Å². The van der Waals surface area contributed by atoms with Gasteiger partial charge in [0.1, 0.15) is 0 Å². The zero-order valence-corrected chi connectivity index (χ0v) is 12.1. The summed E-state index contributed by atoms with van der Waals surface area (Å²) in [4.78, 5) is 1.18. The molecule has 0 aliphatic carbocycles. The summed E-state index contributed by atoms with van der Waals surface area (Å²) in [5.41, 5.74) is 2.22. The number of rotatable bonds is 5. The standard InChI is InChI=1S/C13H16ClN3S/c1-3-11-13(18-17-16-11)12(15-4-2)9-6-5-7-10(14)8-9/h5-8,12,15H,3-4H2,1-2H3. The summed E-state index contributed by atoms with van der Waals surface area (Å²) >= 11 is 7.52. The lowest BCUT2D eigenvalue weighted by Crippen LogP contribution is -2.22. The Kier molecular flexibility index (Phi) is 4.69. The maximum Gasteiger partial charge on any atom is 0.0804 e. The van der Waals surface area contributed by atoms with Gasteiger partial charge in [0.15, 0.2) is 0 Å². The molecular weight excluding hydrogens is 266 g/mol. The van der Waals surface area contributed by atoms with E-state index in [1.807, 2.05) is 18.2 Å². The van der Waals surface area contributed by atoms with E-state index in [-0.39, 0.29) is 6.04 Å². The molecule has 5 heteroatoms. The third kappa shape index (κ3) is 2.88. The van der Waals surface area contributed by atoms with Gasteiger partial charge in [0.2, 0.25) is 0 Å². The van der Waals surface area contributed by atoms with E-state index in [0.717, 1.165) is 29.2 Å². The highest BCUT2D eigenvalue weighted by Gasteiger charge is 2.19. The van der Waals surface area contributed by atoms with Crippen LogP contribution in [0.2, 0.25) is 5.02 Å². The summed E-state index contributed by atoms with van der Waals surface area (Å²) in [5.74, 6) is 0. The van der Waals surface area contributed by atoms with E-state index >= 15 is 0 Å². The van der Waals surface area contributed by atoms with Crippen molar-refractivity contribution in [1.82, 2.24) is 14.9 Å². The second-order valence-corrected chi connectivity index (χ2v) is 5.21. The number of nitrogens with one attached hydrogen (secondary N) is 1. The molecule has 0 amide bonds. The minimum Gasteiger partial charge on any atom is -0.306 e. The minimum absolute atomic E-state index is 0.128. The smallest absolute Gasteiger partial charge is 0.0804 e. The molecule has 0 saturated carbocycles. The Hall–Kier alpha value is -0.970. The molecule has 96 valence electrons. The van der Waals surface area contributed by atoms with E-state index in [9.17, 15) is 0 Å². The number of aromatic nitrogens is 2. The van der Waals surface area contributed by atoms with Crippen LogP contribution in [0.4, 0.5) is 0 Å². The number of hydrogen-bond acceptors (Lipinski definition) is 4. The second-order valence-electron chi connectivity index (χ2n) is 3.98. The molecule has 0 spiro atoms. The normalized spacial score (nSPS) is 12.6. The van der Waals surface area contributed by atoms with Gasteiger partial charge in [-0.1, -0.05) is 42.1 Å². The molecule has 18 heavy (non-hydrogen) atoms. The predicted octanol–water partition coefficient (Wildman–Crippen LogP) is 3.45. The second kappa shape index (κ2) is 6.27. The van der Waals surface area contributed by atoms with Crippen molar-refractivity contribution >= 4 is 23.1 Å². The first-order chi connectivity index (χ1) is 8.76. The fourth-order valence-corrected chi connectivity index (χ4v) is 2.97. The Morgan fingerprint density at radius 2 is 2.22 bits per heavy atom. The van der Waals surface area contributed by atoms with Crippen LogP contribution in [-0.4, -0.2) is 16.1 Å². The highest BCUT2D eigenvalue weighted by atomic mass is 35.5. The average molecular weight is 282 g/mol. The maximum atomic E-state index is 6.07. The zero-order chi connectivity index (χ0) is 13.0. The predicted molar refractivity (Wildman–Crippen MR) is 76.3 cm³/mol.